The van der Waals surface area contributed by atoms with Crippen molar-refractivity contribution in [2.75, 3.05) is 31.1 Å². The highest BCUT2D eigenvalue weighted by Crippen LogP contribution is 2.26. The molecule has 6 heteroatoms. The van der Waals surface area contributed by atoms with Crippen molar-refractivity contribution in [3.8, 4) is 0 Å². The Morgan fingerprint density at radius 1 is 1.11 bits per heavy atom. The summed E-state index contributed by atoms with van der Waals surface area (Å²) >= 11 is 0. The number of pyridine rings is 1. The fourth-order valence-corrected chi connectivity index (χ4v) is 3.68. The van der Waals surface area contributed by atoms with E-state index >= 15 is 0 Å². The molecule has 0 bridgehead atoms. The van der Waals surface area contributed by atoms with Crippen LogP contribution in [0.25, 0.3) is 0 Å². The van der Waals surface area contributed by atoms with Crippen molar-refractivity contribution in [2.24, 2.45) is 0 Å². The molecule has 0 atom stereocenters. The van der Waals surface area contributed by atoms with E-state index in [9.17, 15) is 9.90 Å². The van der Waals surface area contributed by atoms with E-state index in [1.807, 2.05) is 26.0 Å². The van der Waals surface area contributed by atoms with Gasteiger partial charge in [-0.15, -0.1) is 0 Å². The zero-order valence-electron chi connectivity index (χ0n) is 16.0. The first-order valence-corrected chi connectivity index (χ1v) is 9.41. The number of benzene rings is 1. The van der Waals surface area contributed by atoms with Gasteiger partial charge in [-0.25, -0.2) is 9.78 Å². The smallest absolute Gasteiger partial charge is 0.339 e. The number of aryl methyl sites for hydroxylation is 1. The van der Waals surface area contributed by atoms with Crippen LogP contribution in [-0.4, -0.2) is 52.2 Å². The fraction of sp³-hybridized carbons (Fsp3) is 0.429. The molecule has 144 valence electrons. The van der Waals surface area contributed by atoms with Crippen molar-refractivity contribution in [1.29, 1.82) is 0 Å². The third-order valence-corrected chi connectivity index (χ3v) is 5.23. The third-order valence-electron chi connectivity index (χ3n) is 5.23. The number of piperazine rings is 1. The largest absolute Gasteiger partial charge is 0.478 e. The molecule has 27 heavy (non-hydrogen) atoms. The summed E-state index contributed by atoms with van der Waals surface area (Å²) in [5.74, 6) is -0.304. The summed E-state index contributed by atoms with van der Waals surface area (Å²) in [7, 11) is 0. The Bertz CT molecular complexity index is 797. The van der Waals surface area contributed by atoms with E-state index in [0.717, 1.165) is 49.4 Å². The molecule has 2 heterocycles. The van der Waals surface area contributed by atoms with Gasteiger partial charge < -0.3 is 15.1 Å². The third kappa shape index (κ3) is 4.28. The lowest BCUT2D eigenvalue weighted by Crippen LogP contribution is -2.46. The van der Waals surface area contributed by atoms with Crippen molar-refractivity contribution >= 4 is 11.8 Å². The summed E-state index contributed by atoms with van der Waals surface area (Å²) in [4.78, 5) is 20.8. The number of hydrogen-bond acceptors (Lipinski definition) is 5. The lowest BCUT2D eigenvalue weighted by Gasteiger charge is -2.36. The lowest BCUT2D eigenvalue weighted by molar-refractivity contribution is 0.0695. The van der Waals surface area contributed by atoms with Gasteiger partial charge in [0.2, 0.25) is 0 Å². The van der Waals surface area contributed by atoms with E-state index in [4.69, 9.17) is 5.11 Å². The molecule has 0 saturated carbocycles. The van der Waals surface area contributed by atoms with Gasteiger partial charge in [0.05, 0.1) is 6.61 Å². The Kier molecular flexibility index (Phi) is 6.08. The number of aliphatic hydroxyl groups is 1. The lowest BCUT2D eigenvalue weighted by atomic mass is 10.0. The molecule has 1 saturated heterocycles. The second kappa shape index (κ2) is 8.50. The summed E-state index contributed by atoms with van der Waals surface area (Å²) < 4.78 is 0. The molecule has 1 aliphatic rings. The van der Waals surface area contributed by atoms with E-state index < -0.39 is 5.97 Å². The number of rotatable bonds is 6. The Balaban J connectivity index is 1.69. The minimum atomic E-state index is -0.899. The van der Waals surface area contributed by atoms with Crippen LogP contribution in [0, 0.1) is 6.92 Å². The average molecular weight is 369 g/mol. The summed E-state index contributed by atoms with van der Waals surface area (Å²) in [5.41, 5.74) is 4.30. The van der Waals surface area contributed by atoms with Crippen LogP contribution in [0.1, 0.15) is 39.5 Å². The molecular weight excluding hydrogens is 342 g/mol. The maximum atomic E-state index is 11.9. The normalized spacial score (nSPS) is 15.1. The molecule has 2 aromatic rings. The van der Waals surface area contributed by atoms with Gasteiger partial charge in [0.1, 0.15) is 11.4 Å². The van der Waals surface area contributed by atoms with Crippen LogP contribution in [0.4, 0.5) is 5.82 Å². The van der Waals surface area contributed by atoms with E-state index in [2.05, 4.69) is 26.9 Å². The Morgan fingerprint density at radius 2 is 1.74 bits per heavy atom. The first kappa shape index (κ1) is 19.3. The second-order valence-corrected chi connectivity index (χ2v) is 7.01. The van der Waals surface area contributed by atoms with Crippen LogP contribution in [0.2, 0.25) is 0 Å². The molecule has 1 aliphatic heterocycles. The van der Waals surface area contributed by atoms with Crippen LogP contribution >= 0.6 is 0 Å². The number of anilines is 1. The van der Waals surface area contributed by atoms with Gasteiger partial charge in [0, 0.05) is 38.9 Å². The number of hydrogen-bond donors (Lipinski definition) is 2. The van der Waals surface area contributed by atoms with Gasteiger partial charge in [0.15, 0.2) is 0 Å². The molecule has 6 nitrogen and oxygen atoms in total. The number of carboxylic acids is 1. The van der Waals surface area contributed by atoms with Gasteiger partial charge in [-0.05, 0) is 35.6 Å². The molecule has 3 rings (SSSR count). The topological polar surface area (TPSA) is 76.9 Å². The molecule has 2 N–H and O–H groups in total. The van der Waals surface area contributed by atoms with E-state index in [0.29, 0.717) is 17.8 Å². The van der Waals surface area contributed by atoms with Crippen LogP contribution in [-0.2, 0) is 19.6 Å². The Morgan fingerprint density at radius 3 is 2.30 bits per heavy atom. The van der Waals surface area contributed by atoms with Gasteiger partial charge in [0.25, 0.3) is 0 Å². The summed E-state index contributed by atoms with van der Waals surface area (Å²) in [6.07, 6.45) is 2.47. The highest BCUT2D eigenvalue weighted by molar-refractivity contribution is 5.95. The standard InChI is InChI=1S/C21H27N3O3/c1-3-18-15(2)12-22-20(19(18)21(26)27)24-10-8-23(9-11-24)13-16-4-6-17(14-25)7-5-16/h4-7,12,25H,3,8-11,13-14H2,1-2H3,(H,26,27). The molecular formula is C21H27N3O3. The fourth-order valence-electron chi connectivity index (χ4n) is 3.68. The quantitative estimate of drug-likeness (QED) is 0.815. The molecule has 1 fully saturated rings. The van der Waals surface area contributed by atoms with E-state index in [-0.39, 0.29) is 6.61 Å². The number of carbonyl (C=O) groups is 1. The highest BCUT2D eigenvalue weighted by Gasteiger charge is 2.25. The molecule has 0 spiro atoms. The highest BCUT2D eigenvalue weighted by atomic mass is 16.4. The SMILES string of the molecule is CCc1c(C)cnc(N2CCN(Cc3ccc(CO)cc3)CC2)c1C(=O)O. The van der Waals surface area contributed by atoms with Crippen molar-refractivity contribution in [2.45, 2.75) is 33.4 Å². The van der Waals surface area contributed by atoms with Gasteiger partial charge in [-0.1, -0.05) is 31.2 Å². The number of carboxylic acid groups (broad SMARTS) is 1. The number of aromatic nitrogens is 1. The molecule has 0 aliphatic carbocycles. The maximum absolute atomic E-state index is 11.9. The predicted molar refractivity (Wildman–Crippen MR) is 105 cm³/mol. The Hall–Kier alpha value is -2.44. The maximum Gasteiger partial charge on any atom is 0.339 e. The summed E-state index contributed by atoms with van der Waals surface area (Å²) in [6.45, 7) is 8.06. The summed E-state index contributed by atoms with van der Waals surface area (Å²) in [5, 5.41) is 18.9. The number of aromatic carboxylic acids is 1. The minimum absolute atomic E-state index is 0.0637. The number of aliphatic hydroxyl groups excluding tert-OH is 1. The van der Waals surface area contributed by atoms with Crippen LogP contribution < -0.4 is 4.90 Å². The van der Waals surface area contributed by atoms with Crippen LogP contribution in [0.3, 0.4) is 0 Å². The average Bonchev–Trinajstić information content (AvgIpc) is 2.69. The first-order chi connectivity index (χ1) is 13.0. The van der Waals surface area contributed by atoms with E-state index in [1.165, 1.54) is 5.56 Å². The molecule has 0 radical (unpaired) electrons. The molecule has 0 amide bonds. The van der Waals surface area contributed by atoms with Crippen molar-refractivity contribution in [3.63, 3.8) is 0 Å². The summed E-state index contributed by atoms with van der Waals surface area (Å²) in [6, 6.07) is 8.01. The first-order valence-electron chi connectivity index (χ1n) is 9.41. The Labute approximate surface area is 160 Å². The molecule has 0 unspecified atom stereocenters. The van der Waals surface area contributed by atoms with Crippen molar-refractivity contribution < 1.29 is 15.0 Å². The molecule has 1 aromatic heterocycles. The monoisotopic (exact) mass is 369 g/mol. The van der Waals surface area contributed by atoms with Gasteiger partial charge >= 0.3 is 5.97 Å². The minimum Gasteiger partial charge on any atom is -0.478 e. The van der Waals surface area contributed by atoms with Gasteiger partial charge in [-0.3, -0.25) is 4.90 Å². The van der Waals surface area contributed by atoms with Crippen molar-refractivity contribution in [3.05, 3.63) is 58.3 Å². The number of nitrogens with zero attached hydrogens (tertiary/aromatic N) is 3. The van der Waals surface area contributed by atoms with Crippen molar-refractivity contribution in [1.82, 2.24) is 9.88 Å². The van der Waals surface area contributed by atoms with E-state index in [1.54, 1.807) is 6.20 Å². The zero-order chi connectivity index (χ0) is 19.4. The zero-order valence-corrected chi connectivity index (χ0v) is 16.0. The van der Waals surface area contributed by atoms with Crippen LogP contribution in [0.5, 0.6) is 0 Å². The van der Waals surface area contributed by atoms with Crippen LogP contribution in [0.15, 0.2) is 30.5 Å². The second-order valence-electron chi connectivity index (χ2n) is 7.01. The molecule has 1 aromatic carbocycles. The predicted octanol–water partition coefficient (Wildman–Crippen LogP) is 2.47. The van der Waals surface area contributed by atoms with Gasteiger partial charge in [-0.2, -0.15) is 0 Å².